The number of aromatic nitrogens is 1. The van der Waals surface area contributed by atoms with Crippen LogP contribution in [0.3, 0.4) is 0 Å². The first kappa shape index (κ1) is 33.4. The topological polar surface area (TPSA) is 188 Å². The number of piperazine rings is 1. The van der Waals surface area contributed by atoms with Gasteiger partial charge in [-0.25, -0.2) is 9.78 Å². The second kappa shape index (κ2) is 15.5. The number of nitrogens with one attached hydrogen (secondary N) is 1. The van der Waals surface area contributed by atoms with Crippen molar-refractivity contribution in [1.29, 1.82) is 0 Å². The minimum atomic E-state index is -1.16. The van der Waals surface area contributed by atoms with Crippen molar-refractivity contribution in [3.63, 3.8) is 0 Å². The number of carbonyl (C=O) groups is 5. The summed E-state index contributed by atoms with van der Waals surface area (Å²) in [6, 6.07) is 5.58. The fourth-order valence-electron chi connectivity index (χ4n) is 5.13. The van der Waals surface area contributed by atoms with Gasteiger partial charge in [0, 0.05) is 57.1 Å². The Balaban J connectivity index is 1.50. The number of amides is 4. The van der Waals surface area contributed by atoms with E-state index in [1.54, 1.807) is 19.1 Å². The van der Waals surface area contributed by atoms with Gasteiger partial charge in [0.05, 0.1) is 31.4 Å². The van der Waals surface area contributed by atoms with Gasteiger partial charge in [-0.05, 0) is 38.0 Å². The van der Waals surface area contributed by atoms with Crippen LogP contribution in [0.4, 0.5) is 4.79 Å². The summed E-state index contributed by atoms with van der Waals surface area (Å²) in [6.45, 7) is 4.98. The number of morpholine rings is 1. The molecule has 0 bridgehead atoms. The van der Waals surface area contributed by atoms with E-state index in [-0.39, 0.29) is 82.7 Å². The van der Waals surface area contributed by atoms with Crippen molar-refractivity contribution >= 4 is 40.7 Å². The molecule has 4 rings (SSSR count). The van der Waals surface area contributed by atoms with Crippen LogP contribution in [0.15, 0.2) is 24.3 Å². The van der Waals surface area contributed by atoms with Crippen molar-refractivity contribution < 1.29 is 48.4 Å². The number of nitrogens with zero attached hydrogens (tertiary/aromatic N) is 4. The van der Waals surface area contributed by atoms with Crippen molar-refractivity contribution in [3.8, 4) is 5.75 Å². The Morgan fingerprint density at radius 2 is 1.80 bits per heavy atom. The molecule has 2 aromatic rings. The normalized spacial score (nSPS) is 17.5. The molecule has 4 amide bonds. The maximum Gasteiger partial charge on any atom is 0.409 e. The number of aliphatic carboxylic acids is 1. The highest BCUT2D eigenvalue weighted by molar-refractivity contribution is 5.99. The van der Waals surface area contributed by atoms with E-state index in [9.17, 15) is 34.2 Å². The lowest BCUT2D eigenvalue weighted by atomic mass is 10.1. The molecule has 0 spiro atoms. The number of carboxylic acid groups (broad SMARTS) is 1. The monoisotopic (exact) mass is 629 g/mol. The molecule has 15 nitrogen and oxygen atoms in total. The molecule has 2 atom stereocenters. The number of ether oxygens (including phenoxy) is 3. The lowest BCUT2D eigenvalue weighted by Crippen LogP contribution is -2.56. The van der Waals surface area contributed by atoms with E-state index in [4.69, 9.17) is 14.2 Å². The zero-order chi connectivity index (χ0) is 32.5. The largest absolute Gasteiger partial charge is 0.483 e. The van der Waals surface area contributed by atoms with E-state index in [1.165, 1.54) is 20.8 Å². The third-order valence-corrected chi connectivity index (χ3v) is 7.57. The number of rotatable bonds is 11. The van der Waals surface area contributed by atoms with Gasteiger partial charge in [0.1, 0.15) is 17.5 Å². The Morgan fingerprint density at radius 1 is 1.07 bits per heavy atom. The molecule has 2 aliphatic heterocycles. The quantitative estimate of drug-likeness (QED) is 0.312. The highest BCUT2D eigenvalue weighted by Crippen LogP contribution is 2.27. The molecule has 1 aromatic carbocycles. The Morgan fingerprint density at radius 3 is 2.49 bits per heavy atom. The number of pyridine rings is 1. The van der Waals surface area contributed by atoms with Gasteiger partial charge in [-0.1, -0.05) is 6.07 Å². The van der Waals surface area contributed by atoms with Crippen LogP contribution >= 0.6 is 0 Å². The minimum absolute atomic E-state index is 0.0810. The average Bonchev–Trinajstić information content (AvgIpc) is 3.04. The van der Waals surface area contributed by atoms with Crippen LogP contribution in [0, 0.1) is 6.92 Å². The Kier molecular flexibility index (Phi) is 11.5. The lowest BCUT2D eigenvalue weighted by Gasteiger charge is -2.35. The summed E-state index contributed by atoms with van der Waals surface area (Å²) in [5.74, 6) is -2.41. The summed E-state index contributed by atoms with van der Waals surface area (Å²) >= 11 is 0. The molecular weight excluding hydrogens is 590 g/mol. The predicted octanol–water partition coefficient (Wildman–Crippen LogP) is 0.406. The maximum atomic E-state index is 13.5. The van der Waals surface area contributed by atoms with Gasteiger partial charge < -0.3 is 44.4 Å². The van der Waals surface area contributed by atoms with Gasteiger partial charge in [0.25, 0.3) is 11.8 Å². The van der Waals surface area contributed by atoms with Crippen molar-refractivity contribution in [3.05, 3.63) is 35.5 Å². The third-order valence-electron chi connectivity index (χ3n) is 7.57. The van der Waals surface area contributed by atoms with E-state index in [2.05, 4.69) is 10.3 Å². The summed E-state index contributed by atoms with van der Waals surface area (Å²) in [5, 5.41) is 21.9. The summed E-state index contributed by atoms with van der Waals surface area (Å²) in [7, 11) is 0. The molecule has 1 aromatic heterocycles. The van der Waals surface area contributed by atoms with Crippen LogP contribution in [0.2, 0.25) is 0 Å². The van der Waals surface area contributed by atoms with E-state index >= 15 is 0 Å². The van der Waals surface area contributed by atoms with Crippen LogP contribution in [-0.4, -0.2) is 138 Å². The van der Waals surface area contributed by atoms with Crippen molar-refractivity contribution in [2.24, 2.45) is 0 Å². The molecule has 3 N–H and O–H groups in total. The van der Waals surface area contributed by atoms with Crippen molar-refractivity contribution in [2.75, 3.05) is 65.7 Å². The van der Waals surface area contributed by atoms with Gasteiger partial charge >= 0.3 is 12.1 Å². The molecule has 45 heavy (non-hydrogen) atoms. The number of carboxylic acids is 1. The number of aliphatic hydroxyl groups is 1. The zero-order valence-corrected chi connectivity index (χ0v) is 25.4. The number of hydrogen-bond acceptors (Lipinski definition) is 10. The lowest BCUT2D eigenvalue weighted by molar-refractivity contribution is -0.142. The fourth-order valence-corrected chi connectivity index (χ4v) is 5.13. The van der Waals surface area contributed by atoms with E-state index in [0.717, 1.165) is 5.56 Å². The number of hydrogen-bond donors (Lipinski definition) is 3. The van der Waals surface area contributed by atoms with Crippen LogP contribution in [0.1, 0.15) is 35.8 Å². The smallest absolute Gasteiger partial charge is 0.409 e. The highest BCUT2D eigenvalue weighted by atomic mass is 16.6. The van der Waals surface area contributed by atoms with Crippen molar-refractivity contribution in [2.45, 2.75) is 38.8 Å². The predicted molar refractivity (Wildman–Crippen MR) is 159 cm³/mol. The SMILES string of the molecule is CCOC(=O)N1CCN(C(=O)C(CCC(=O)O)NC(=O)c2cc(OCC(=O)N3CCO[C@H](CO)C3)c3ccc(C)cc3n2)CC1. The van der Waals surface area contributed by atoms with E-state index in [0.29, 0.717) is 24.1 Å². The summed E-state index contributed by atoms with van der Waals surface area (Å²) < 4.78 is 16.3. The van der Waals surface area contributed by atoms with E-state index < -0.39 is 36.0 Å². The second-order valence-electron chi connectivity index (χ2n) is 10.8. The van der Waals surface area contributed by atoms with E-state index in [1.807, 2.05) is 13.0 Å². The van der Waals surface area contributed by atoms with Gasteiger partial charge in [-0.2, -0.15) is 0 Å². The molecular formula is C30H39N5O10. The highest BCUT2D eigenvalue weighted by Gasteiger charge is 2.31. The molecule has 0 saturated carbocycles. The number of carbonyl (C=O) groups excluding carboxylic acids is 4. The fraction of sp³-hybridized carbons (Fsp3) is 0.533. The number of aryl methyl sites for hydroxylation is 1. The summed E-state index contributed by atoms with van der Waals surface area (Å²) in [5.41, 5.74) is 1.22. The van der Waals surface area contributed by atoms with Crippen LogP contribution in [0.5, 0.6) is 5.75 Å². The Labute approximate surface area is 260 Å². The summed E-state index contributed by atoms with van der Waals surface area (Å²) in [4.78, 5) is 72.2. The standard InChI is InChI=1S/C30H39N5O10/c1-3-43-30(42)34-10-8-33(9-11-34)29(41)22(6-7-27(38)39)32-28(40)24-15-25(21-5-4-19(2)14-23(21)31-24)45-18-26(37)35-12-13-44-20(16-35)17-36/h4-5,14-15,20,22,36H,3,6-13,16-18H2,1-2H3,(H,32,40)(H,38,39)/t20-,22?/m0/s1. The van der Waals surface area contributed by atoms with Gasteiger partial charge in [-0.15, -0.1) is 0 Å². The molecule has 2 saturated heterocycles. The third kappa shape index (κ3) is 8.79. The van der Waals surface area contributed by atoms with Crippen LogP contribution in [-0.2, 0) is 23.9 Å². The first-order valence-electron chi connectivity index (χ1n) is 14.9. The first-order chi connectivity index (χ1) is 21.6. The minimum Gasteiger partial charge on any atom is -0.483 e. The molecule has 0 radical (unpaired) electrons. The van der Waals surface area contributed by atoms with Gasteiger partial charge in [-0.3, -0.25) is 19.2 Å². The van der Waals surface area contributed by atoms with Gasteiger partial charge in [0.2, 0.25) is 5.91 Å². The molecule has 2 aliphatic rings. The number of fused-ring (bicyclic) bond motifs is 1. The number of aliphatic hydroxyl groups excluding tert-OH is 1. The molecule has 2 fully saturated rings. The Hall–Kier alpha value is -4.50. The first-order valence-corrected chi connectivity index (χ1v) is 14.9. The average molecular weight is 630 g/mol. The second-order valence-corrected chi connectivity index (χ2v) is 10.8. The molecule has 244 valence electrons. The maximum absolute atomic E-state index is 13.5. The summed E-state index contributed by atoms with van der Waals surface area (Å²) in [6.07, 6.45) is -1.46. The zero-order valence-electron chi connectivity index (χ0n) is 25.4. The van der Waals surface area contributed by atoms with Crippen molar-refractivity contribution in [1.82, 2.24) is 25.0 Å². The molecule has 0 aliphatic carbocycles. The number of benzene rings is 1. The van der Waals surface area contributed by atoms with Gasteiger partial charge in [0.15, 0.2) is 6.61 Å². The van der Waals surface area contributed by atoms with Crippen LogP contribution < -0.4 is 10.1 Å². The van der Waals surface area contributed by atoms with Crippen LogP contribution in [0.25, 0.3) is 10.9 Å². The molecule has 3 heterocycles. The Bertz CT molecular complexity index is 1410. The molecule has 1 unspecified atom stereocenters. The molecule has 15 heteroatoms.